The minimum absolute atomic E-state index is 0.294. The van der Waals surface area contributed by atoms with Crippen LogP contribution in [0.1, 0.15) is 44.1 Å². The van der Waals surface area contributed by atoms with E-state index in [1.165, 1.54) is 37.7 Å². The highest BCUT2D eigenvalue weighted by atomic mass is 16.3. The summed E-state index contributed by atoms with van der Waals surface area (Å²) in [5.41, 5.74) is 2.58. The molecule has 0 atom stereocenters. The first-order valence-corrected chi connectivity index (χ1v) is 8.72. The van der Waals surface area contributed by atoms with Gasteiger partial charge in [0.15, 0.2) is 0 Å². The predicted molar refractivity (Wildman–Crippen MR) is 92.5 cm³/mol. The maximum atomic E-state index is 9.39. The van der Waals surface area contributed by atoms with Crippen LogP contribution in [0.4, 0.5) is 0 Å². The first kappa shape index (κ1) is 16.2. The number of nitrogens with one attached hydrogen (secondary N) is 1. The van der Waals surface area contributed by atoms with Crippen molar-refractivity contribution in [3.8, 4) is 5.69 Å². The smallest absolute Gasteiger partial charge is 0.0645 e. The Labute approximate surface area is 138 Å². The van der Waals surface area contributed by atoms with Crippen molar-refractivity contribution in [2.75, 3.05) is 13.2 Å². The quantitative estimate of drug-likeness (QED) is 0.824. The summed E-state index contributed by atoms with van der Waals surface area (Å²) >= 11 is 0. The van der Waals surface area contributed by atoms with Gasteiger partial charge in [-0.05, 0) is 36.8 Å². The van der Waals surface area contributed by atoms with Crippen LogP contribution in [0.25, 0.3) is 5.69 Å². The van der Waals surface area contributed by atoms with Crippen molar-refractivity contribution in [2.45, 2.75) is 45.1 Å². The Balaban J connectivity index is 1.55. The van der Waals surface area contributed by atoms with E-state index in [4.69, 9.17) is 0 Å². The minimum atomic E-state index is 0.294. The van der Waals surface area contributed by atoms with Crippen LogP contribution in [0.2, 0.25) is 0 Å². The van der Waals surface area contributed by atoms with Crippen molar-refractivity contribution in [1.29, 1.82) is 0 Å². The van der Waals surface area contributed by atoms with Crippen molar-refractivity contribution < 1.29 is 5.11 Å². The number of aromatic nitrogens is 2. The average molecular weight is 313 g/mol. The van der Waals surface area contributed by atoms with E-state index in [1.807, 2.05) is 29.1 Å². The van der Waals surface area contributed by atoms with Crippen molar-refractivity contribution in [3.05, 3.63) is 48.3 Å². The fraction of sp³-hybridized carbons (Fsp3) is 0.526. The molecule has 3 rings (SSSR count). The van der Waals surface area contributed by atoms with Gasteiger partial charge in [0.25, 0.3) is 0 Å². The van der Waals surface area contributed by atoms with E-state index in [9.17, 15) is 5.11 Å². The van der Waals surface area contributed by atoms with E-state index in [2.05, 4.69) is 28.7 Å². The molecule has 1 aliphatic carbocycles. The van der Waals surface area contributed by atoms with Crippen LogP contribution < -0.4 is 5.32 Å². The molecule has 4 nitrogen and oxygen atoms in total. The number of hydrogen-bond acceptors (Lipinski definition) is 3. The fourth-order valence-corrected chi connectivity index (χ4v) is 3.70. The lowest BCUT2D eigenvalue weighted by molar-refractivity contribution is 0.126. The monoisotopic (exact) mass is 313 g/mol. The normalized spacial score (nSPS) is 17.3. The van der Waals surface area contributed by atoms with Crippen LogP contribution in [-0.2, 0) is 6.54 Å². The fourth-order valence-electron chi connectivity index (χ4n) is 3.70. The Morgan fingerprint density at radius 3 is 2.65 bits per heavy atom. The first-order chi connectivity index (χ1) is 11.3. The molecule has 0 aliphatic heterocycles. The van der Waals surface area contributed by atoms with Gasteiger partial charge in [-0.2, -0.15) is 5.10 Å². The van der Waals surface area contributed by atoms with Gasteiger partial charge in [-0.15, -0.1) is 0 Å². The maximum Gasteiger partial charge on any atom is 0.0645 e. The Morgan fingerprint density at radius 1 is 1.13 bits per heavy atom. The predicted octanol–water partition coefficient (Wildman–Crippen LogP) is 3.29. The molecule has 1 aromatic heterocycles. The molecule has 124 valence electrons. The Kier molecular flexibility index (Phi) is 5.47. The lowest BCUT2D eigenvalue weighted by Gasteiger charge is -2.37. The second-order valence-corrected chi connectivity index (χ2v) is 6.77. The number of aliphatic hydroxyl groups is 1. The highest BCUT2D eigenvalue weighted by Crippen LogP contribution is 2.38. The summed E-state index contributed by atoms with van der Waals surface area (Å²) < 4.78 is 1.92. The minimum Gasteiger partial charge on any atom is -0.396 e. The number of para-hydroxylation sites is 1. The van der Waals surface area contributed by atoms with Gasteiger partial charge < -0.3 is 10.4 Å². The van der Waals surface area contributed by atoms with Crippen molar-refractivity contribution in [1.82, 2.24) is 15.1 Å². The molecule has 1 aromatic carbocycles. The third kappa shape index (κ3) is 4.21. The lowest BCUT2D eigenvalue weighted by atomic mass is 9.72. The van der Waals surface area contributed by atoms with Crippen LogP contribution in [0.3, 0.4) is 0 Å². The van der Waals surface area contributed by atoms with Gasteiger partial charge >= 0.3 is 0 Å². The summed E-state index contributed by atoms with van der Waals surface area (Å²) in [7, 11) is 0. The van der Waals surface area contributed by atoms with E-state index in [1.54, 1.807) is 0 Å². The summed E-state index contributed by atoms with van der Waals surface area (Å²) in [6, 6.07) is 10.2. The van der Waals surface area contributed by atoms with Crippen molar-refractivity contribution in [3.63, 3.8) is 0 Å². The van der Waals surface area contributed by atoms with Gasteiger partial charge in [-0.1, -0.05) is 37.5 Å². The number of rotatable bonds is 7. The Morgan fingerprint density at radius 2 is 1.91 bits per heavy atom. The zero-order chi connectivity index (χ0) is 16.0. The van der Waals surface area contributed by atoms with Crippen LogP contribution in [-0.4, -0.2) is 28.0 Å². The summed E-state index contributed by atoms with van der Waals surface area (Å²) in [4.78, 5) is 0. The number of nitrogens with zero attached hydrogens (tertiary/aromatic N) is 2. The molecule has 0 amide bonds. The number of aliphatic hydroxyl groups excluding tert-OH is 1. The molecule has 0 unspecified atom stereocenters. The molecule has 1 saturated carbocycles. The topological polar surface area (TPSA) is 50.1 Å². The van der Waals surface area contributed by atoms with E-state index in [-0.39, 0.29) is 0 Å². The molecule has 23 heavy (non-hydrogen) atoms. The van der Waals surface area contributed by atoms with Gasteiger partial charge in [-0.3, -0.25) is 0 Å². The lowest BCUT2D eigenvalue weighted by Crippen LogP contribution is -2.36. The first-order valence-electron chi connectivity index (χ1n) is 8.72. The third-order valence-corrected chi connectivity index (χ3v) is 5.04. The second kappa shape index (κ2) is 7.75. The summed E-state index contributed by atoms with van der Waals surface area (Å²) in [6.07, 6.45) is 11.4. The van der Waals surface area contributed by atoms with E-state index >= 15 is 0 Å². The third-order valence-electron chi connectivity index (χ3n) is 5.04. The molecule has 1 fully saturated rings. The Hall–Kier alpha value is -1.65. The zero-order valence-electron chi connectivity index (χ0n) is 13.7. The van der Waals surface area contributed by atoms with Crippen LogP contribution in [0, 0.1) is 5.41 Å². The molecule has 0 radical (unpaired) electrons. The molecule has 0 bridgehead atoms. The average Bonchev–Trinajstić information content (AvgIpc) is 3.06. The van der Waals surface area contributed by atoms with Crippen molar-refractivity contribution in [2.24, 2.45) is 5.41 Å². The van der Waals surface area contributed by atoms with Gasteiger partial charge in [0.1, 0.15) is 0 Å². The van der Waals surface area contributed by atoms with Gasteiger partial charge in [0.2, 0.25) is 0 Å². The van der Waals surface area contributed by atoms with E-state index < -0.39 is 0 Å². The van der Waals surface area contributed by atoms with Crippen LogP contribution in [0.5, 0.6) is 0 Å². The van der Waals surface area contributed by atoms with Crippen LogP contribution in [0.15, 0.2) is 42.7 Å². The molecular weight excluding hydrogens is 286 g/mol. The van der Waals surface area contributed by atoms with E-state index in [0.29, 0.717) is 12.0 Å². The van der Waals surface area contributed by atoms with Gasteiger partial charge in [-0.25, -0.2) is 4.68 Å². The van der Waals surface area contributed by atoms with Gasteiger partial charge in [0.05, 0.1) is 11.9 Å². The maximum absolute atomic E-state index is 9.39. The van der Waals surface area contributed by atoms with Crippen molar-refractivity contribution >= 4 is 0 Å². The Bertz CT molecular complexity index is 582. The summed E-state index contributed by atoms with van der Waals surface area (Å²) in [5.74, 6) is 0. The largest absolute Gasteiger partial charge is 0.396 e. The zero-order valence-corrected chi connectivity index (χ0v) is 13.7. The molecule has 1 heterocycles. The SMILES string of the molecule is OCCC1(CNCc2cnn(-c3ccccc3)c2)CCCCC1. The van der Waals surface area contributed by atoms with Crippen LogP contribution >= 0.6 is 0 Å². The molecular formula is C19H27N3O. The summed E-state index contributed by atoms with van der Waals surface area (Å²) in [5, 5.41) is 17.4. The standard InChI is InChI=1S/C19H27N3O/c23-12-11-19(9-5-2-6-10-19)16-20-13-17-14-21-22(15-17)18-7-3-1-4-8-18/h1,3-4,7-8,14-15,20,23H,2,5-6,9-13,16H2. The highest BCUT2D eigenvalue weighted by molar-refractivity contribution is 5.30. The van der Waals surface area contributed by atoms with E-state index in [0.717, 1.165) is 25.2 Å². The highest BCUT2D eigenvalue weighted by Gasteiger charge is 2.30. The molecule has 0 saturated heterocycles. The summed E-state index contributed by atoms with van der Waals surface area (Å²) in [6.45, 7) is 2.12. The molecule has 0 spiro atoms. The molecule has 2 N–H and O–H groups in total. The molecule has 4 heteroatoms. The molecule has 1 aliphatic rings. The number of hydrogen-bond donors (Lipinski definition) is 2. The second-order valence-electron chi connectivity index (χ2n) is 6.77. The number of benzene rings is 1. The van der Waals surface area contributed by atoms with Gasteiger partial charge in [0, 0.05) is 31.5 Å². The molecule has 2 aromatic rings.